The van der Waals surface area contributed by atoms with Crippen molar-refractivity contribution < 1.29 is 9.53 Å². The minimum atomic E-state index is -0.535. The molecule has 0 aliphatic rings. The number of anilines is 1. The number of carbonyl (C=O) groups excluding carboxylic acids is 1. The van der Waals surface area contributed by atoms with Crippen LogP contribution in [0.4, 0.5) is 5.69 Å². The van der Waals surface area contributed by atoms with Crippen LogP contribution < -0.4 is 15.0 Å². The van der Waals surface area contributed by atoms with E-state index in [-0.39, 0.29) is 5.91 Å². The first kappa shape index (κ1) is 19.8. The van der Waals surface area contributed by atoms with Gasteiger partial charge in [0.2, 0.25) is 0 Å². The van der Waals surface area contributed by atoms with Crippen molar-refractivity contribution in [3.63, 3.8) is 0 Å². The van der Waals surface area contributed by atoms with E-state index in [0.717, 1.165) is 30.0 Å². The molecule has 26 heavy (non-hydrogen) atoms. The van der Waals surface area contributed by atoms with Gasteiger partial charge in [0.1, 0.15) is 5.75 Å². The average Bonchev–Trinajstić information content (AvgIpc) is 2.64. The second kappa shape index (κ2) is 9.27. The summed E-state index contributed by atoms with van der Waals surface area (Å²) in [5.41, 5.74) is 4.65. The van der Waals surface area contributed by atoms with Gasteiger partial charge >= 0.3 is 0 Å². The highest BCUT2D eigenvalue weighted by atomic mass is 16.5. The fourth-order valence-corrected chi connectivity index (χ4v) is 2.79. The van der Waals surface area contributed by atoms with Gasteiger partial charge in [-0.2, -0.15) is 0 Å². The molecule has 0 bridgehead atoms. The summed E-state index contributed by atoms with van der Waals surface area (Å²) in [6.07, 6.45) is -0.535. The molecule has 2 aromatic rings. The van der Waals surface area contributed by atoms with Gasteiger partial charge in [-0.05, 0) is 75.6 Å². The lowest BCUT2D eigenvalue weighted by Gasteiger charge is -2.21. The number of amides is 1. The number of rotatable bonds is 8. The third-order valence-corrected chi connectivity index (χ3v) is 4.69. The lowest BCUT2D eigenvalue weighted by Crippen LogP contribution is -2.35. The molecular formula is C22H30N2O2. The van der Waals surface area contributed by atoms with Crippen molar-refractivity contribution in [2.75, 3.05) is 18.0 Å². The van der Waals surface area contributed by atoms with Crippen LogP contribution in [0, 0.1) is 13.8 Å². The molecule has 1 amide bonds. The van der Waals surface area contributed by atoms with Crippen LogP contribution in [0.3, 0.4) is 0 Å². The maximum Gasteiger partial charge on any atom is 0.261 e. The number of carbonyl (C=O) groups is 1. The first-order valence-corrected chi connectivity index (χ1v) is 9.30. The Bertz CT molecular complexity index is 721. The maximum atomic E-state index is 12.3. The van der Waals surface area contributed by atoms with E-state index in [4.69, 9.17) is 4.74 Å². The minimum Gasteiger partial charge on any atom is -0.481 e. The largest absolute Gasteiger partial charge is 0.481 e. The molecule has 0 fully saturated rings. The number of hydrogen-bond acceptors (Lipinski definition) is 3. The number of benzene rings is 2. The monoisotopic (exact) mass is 354 g/mol. The smallest absolute Gasteiger partial charge is 0.261 e. The molecule has 2 aromatic carbocycles. The predicted molar refractivity (Wildman–Crippen MR) is 108 cm³/mol. The fraction of sp³-hybridized carbons (Fsp3) is 0.409. The van der Waals surface area contributed by atoms with E-state index in [1.807, 2.05) is 25.1 Å². The van der Waals surface area contributed by atoms with E-state index < -0.39 is 6.10 Å². The molecule has 2 rings (SSSR count). The average molecular weight is 354 g/mol. The Morgan fingerprint density at radius 3 is 2.27 bits per heavy atom. The zero-order chi connectivity index (χ0) is 19.1. The number of ether oxygens (including phenoxy) is 1. The van der Waals surface area contributed by atoms with E-state index in [9.17, 15) is 4.79 Å². The van der Waals surface area contributed by atoms with Gasteiger partial charge in [0.15, 0.2) is 6.10 Å². The van der Waals surface area contributed by atoms with Gasteiger partial charge in [-0.15, -0.1) is 0 Å². The maximum absolute atomic E-state index is 12.3. The minimum absolute atomic E-state index is 0.115. The highest BCUT2D eigenvalue weighted by molar-refractivity contribution is 5.80. The zero-order valence-electron chi connectivity index (χ0n) is 16.5. The molecule has 0 aromatic heterocycles. The van der Waals surface area contributed by atoms with E-state index in [1.54, 1.807) is 6.92 Å². The normalized spacial score (nSPS) is 11.7. The standard InChI is InChI=1S/C22H30N2O2/c1-6-24(7-2)20-11-9-19(10-12-20)15-23-22(25)18(5)26-21-13-8-16(3)17(4)14-21/h8-14,18H,6-7,15H2,1-5H3,(H,23,25)/t18-/m0/s1. The summed E-state index contributed by atoms with van der Waals surface area (Å²) in [5.74, 6) is 0.607. The van der Waals surface area contributed by atoms with E-state index in [0.29, 0.717) is 6.54 Å². The molecule has 4 heteroatoms. The third-order valence-electron chi connectivity index (χ3n) is 4.69. The summed E-state index contributed by atoms with van der Waals surface area (Å²) in [7, 11) is 0. The van der Waals surface area contributed by atoms with E-state index in [2.05, 4.69) is 55.3 Å². The van der Waals surface area contributed by atoms with Gasteiger partial charge in [-0.3, -0.25) is 4.79 Å². The molecule has 1 atom stereocenters. The number of aryl methyl sites for hydroxylation is 2. The zero-order valence-corrected chi connectivity index (χ0v) is 16.5. The fourth-order valence-electron chi connectivity index (χ4n) is 2.79. The first-order valence-electron chi connectivity index (χ1n) is 9.30. The Labute approximate surface area is 157 Å². The Balaban J connectivity index is 1.88. The SMILES string of the molecule is CCN(CC)c1ccc(CNC(=O)[C@H](C)Oc2ccc(C)c(C)c2)cc1. The molecule has 0 spiro atoms. The molecule has 4 nitrogen and oxygen atoms in total. The Hall–Kier alpha value is -2.49. The molecular weight excluding hydrogens is 324 g/mol. The highest BCUT2D eigenvalue weighted by Gasteiger charge is 2.14. The molecule has 0 radical (unpaired) electrons. The van der Waals surface area contributed by atoms with Crippen LogP contribution in [0.2, 0.25) is 0 Å². The topological polar surface area (TPSA) is 41.6 Å². The van der Waals surface area contributed by atoms with E-state index in [1.165, 1.54) is 11.3 Å². The van der Waals surface area contributed by atoms with Gasteiger partial charge in [0.05, 0.1) is 0 Å². The molecule has 0 unspecified atom stereocenters. The van der Waals surface area contributed by atoms with Crippen LogP contribution in [0.15, 0.2) is 42.5 Å². The number of hydrogen-bond donors (Lipinski definition) is 1. The van der Waals surface area contributed by atoms with Gasteiger partial charge in [-0.1, -0.05) is 18.2 Å². The lowest BCUT2D eigenvalue weighted by atomic mass is 10.1. The summed E-state index contributed by atoms with van der Waals surface area (Å²) in [6, 6.07) is 14.2. The van der Waals surface area contributed by atoms with Crippen LogP contribution in [0.1, 0.15) is 37.5 Å². The van der Waals surface area contributed by atoms with Gasteiger partial charge in [0, 0.05) is 25.3 Å². The number of nitrogens with one attached hydrogen (secondary N) is 1. The summed E-state index contributed by atoms with van der Waals surface area (Å²) in [4.78, 5) is 14.6. The lowest BCUT2D eigenvalue weighted by molar-refractivity contribution is -0.127. The Morgan fingerprint density at radius 1 is 1.04 bits per heavy atom. The molecule has 0 saturated carbocycles. The molecule has 0 aliphatic carbocycles. The van der Waals surface area contributed by atoms with Crippen LogP contribution in [0.5, 0.6) is 5.75 Å². The van der Waals surface area contributed by atoms with Crippen LogP contribution >= 0.6 is 0 Å². The molecule has 0 aliphatic heterocycles. The molecule has 140 valence electrons. The molecule has 1 N–H and O–H groups in total. The second-order valence-corrected chi connectivity index (χ2v) is 6.56. The Kier molecular flexibility index (Phi) is 7.07. The van der Waals surface area contributed by atoms with Crippen LogP contribution in [-0.2, 0) is 11.3 Å². The quantitative estimate of drug-likeness (QED) is 0.771. The summed E-state index contributed by atoms with van der Waals surface area (Å²) >= 11 is 0. The van der Waals surface area contributed by atoms with Crippen molar-refractivity contribution in [1.82, 2.24) is 5.32 Å². The van der Waals surface area contributed by atoms with Crippen LogP contribution in [-0.4, -0.2) is 25.1 Å². The number of nitrogens with zero attached hydrogens (tertiary/aromatic N) is 1. The third kappa shape index (κ3) is 5.25. The summed E-state index contributed by atoms with van der Waals surface area (Å²) in [5, 5.41) is 2.94. The second-order valence-electron chi connectivity index (χ2n) is 6.56. The van der Waals surface area contributed by atoms with Crippen molar-refractivity contribution in [1.29, 1.82) is 0 Å². The summed E-state index contributed by atoms with van der Waals surface area (Å²) in [6.45, 7) is 12.6. The van der Waals surface area contributed by atoms with Crippen LogP contribution in [0.25, 0.3) is 0 Å². The van der Waals surface area contributed by atoms with Crippen molar-refractivity contribution in [2.24, 2.45) is 0 Å². The first-order chi connectivity index (χ1) is 12.4. The van der Waals surface area contributed by atoms with Crippen molar-refractivity contribution in [3.05, 3.63) is 59.2 Å². The predicted octanol–water partition coefficient (Wildman–Crippen LogP) is 4.23. The molecule has 0 heterocycles. The highest BCUT2D eigenvalue weighted by Crippen LogP contribution is 2.18. The van der Waals surface area contributed by atoms with Gasteiger partial charge in [0.25, 0.3) is 5.91 Å². The molecule has 0 saturated heterocycles. The van der Waals surface area contributed by atoms with Crippen molar-refractivity contribution in [3.8, 4) is 5.75 Å². The van der Waals surface area contributed by atoms with Gasteiger partial charge in [-0.25, -0.2) is 0 Å². The van der Waals surface area contributed by atoms with E-state index >= 15 is 0 Å². The van der Waals surface area contributed by atoms with Crippen molar-refractivity contribution in [2.45, 2.75) is 47.3 Å². The van der Waals surface area contributed by atoms with Crippen molar-refractivity contribution >= 4 is 11.6 Å². The van der Waals surface area contributed by atoms with Gasteiger partial charge < -0.3 is 15.0 Å². The Morgan fingerprint density at radius 2 is 1.69 bits per heavy atom. The summed E-state index contributed by atoms with van der Waals surface area (Å²) < 4.78 is 5.76.